The van der Waals surface area contributed by atoms with E-state index in [1.165, 1.54) is 11.4 Å². The number of aryl methyl sites for hydroxylation is 2. The molecule has 2 unspecified atom stereocenters. The Morgan fingerprint density at radius 1 is 1.30 bits per heavy atom. The third-order valence-electron chi connectivity index (χ3n) is 3.79. The molecule has 0 aliphatic heterocycles. The predicted molar refractivity (Wildman–Crippen MR) is 84.1 cm³/mol. The molecule has 0 spiro atoms. The minimum atomic E-state index is 0.232. The maximum Gasteiger partial charge on any atom is 0.0754 e. The lowest BCUT2D eigenvalue weighted by Crippen LogP contribution is -2.44. The van der Waals surface area contributed by atoms with Crippen LogP contribution in [-0.4, -0.2) is 35.6 Å². The Bertz CT molecular complexity index is 387. The van der Waals surface area contributed by atoms with Gasteiger partial charge in [-0.05, 0) is 39.3 Å². The summed E-state index contributed by atoms with van der Waals surface area (Å²) < 4.78 is 8.06. The molecule has 4 nitrogen and oxygen atoms in total. The zero-order chi connectivity index (χ0) is 15.1. The highest BCUT2D eigenvalue weighted by molar-refractivity contribution is 5.12. The first-order valence-electron chi connectivity index (χ1n) is 7.91. The summed E-state index contributed by atoms with van der Waals surface area (Å²) in [7, 11) is 2.02. The molecule has 0 aliphatic carbocycles. The van der Waals surface area contributed by atoms with E-state index in [-0.39, 0.29) is 6.10 Å². The summed E-state index contributed by atoms with van der Waals surface area (Å²) in [5, 5.41) is 8.06. The van der Waals surface area contributed by atoms with Crippen molar-refractivity contribution in [2.24, 2.45) is 5.92 Å². The number of rotatable bonds is 9. The van der Waals surface area contributed by atoms with E-state index in [1.807, 2.05) is 7.05 Å². The number of aromatic nitrogens is 2. The van der Waals surface area contributed by atoms with Crippen LogP contribution in [0.2, 0.25) is 0 Å². The molecule has 116 valence electrons. The summed E-state index contributed by atoms with van der Waals surface area (Å²) in [6, 6.07) is 2.55. The van der Waals surface area contributed by atoms with Crippen LogP contribution in [0.25, 0.3) is 0 Å². The first-order valence-corrected chi connectivity index (χ1v) is 7.91. The van der Waals surface area contributed by atoms with E-state index in [9.17, 15) is 0 Å². The molecule has 2 atom stereocenters. The number of nitrogens with zero attached hydrogens (tertiary/aromatic N) is 2. The molecule has 1 heterocycles. The summed E-state index contributed by atoms with van der Waals surface area (Å²) in [5.74, 6) is 0.496. The molecule has 0 amide bonds. The maximum absolute atomic E-state index is 5.94. The Morgan fingerprint density at radius 3 is 2.45 bits per heavy atom. The van der Waals surface area contributed by atoms with Gasteiger partial charge in [0.1, 0.15) is 0 Å². The monoisotopic (exact) mass is 281 g/mol. The van der Waals surface area contributed by atoms with Crippen LogP contribution in [0.15, 0.2) is 6.07 Å². The van der Waals surface area contributed by atoms with Crippen molar-refractivity contribution in [1.82, 2.24) is 15.1 Å². The Hall–Kier alpha value is -0.870. The number of ether oxygens (including phenoxy) is 1. The molecule has 1 aromatic rings. The number of likely N-dealkylation sites (N-methyl/N-ethyl adjacent to an activating group) is 1. The molecule has 4 heteroatoms. The smallest absolute Gasteiger partial charge is 0.0754 e. The third kappa shape index (κ3) is 4.32. The average molecular weight is 281 g/mol. The molecule has 20 heavy (non-hydrogen) atoms. The van der Waals surface area contributed by atoms with Gasteiger partial charge in [0.25, 0.3) is 0 Å². The predicted octanol–water partition coefficient (Wildman–Crippen LogP) is 2.66. The van der Waals surface area contributed by atoms with E-state index >= 15 is 0 Å². The van der Waals surface area contributed by atoms with Gasteiger partial charge in [-0.3, -0.25) is 4.68 Å². The van der Waals surface area contributed by atoms with Crippen LogP contribution >= 0.6 is 0 Å². The van der Waals surface area contributed by atoms with Crippen LogP contribution in [0.4, 0.5) is 0 Å². The molecule has 1 rings (SSSR count). The number of hydrogen-bond acceptors (Lipinski definition) is 3. The summed E-state index contributed by atoms with van der Waals surface area (Å²) in [5.41, 5.74) is 2.48. The molecule has 0 aromatic carbocycles. The topological polar surface area (TPSA) is 39.1 Å². The second kappa shape index (κ2) is 8.42. The zero-order valence-electron chi connectivity index (χ0n) is 13.9. The maximum atomic E-state index is 5.94. The summed E-state index contributed by atoms with van der Waals surface area (Å²) >= 11 is 0. The van der Waals surface area contributed by atoms with Crippen molar-refractivity contribution in [2.75, 3.05) is 13.7 Å². The molecule has 0 bridgehead atoms. The van der Waals surface area contributed by atoms with Crippen molar-refractivity contribution in [1.29, 1.82) is 0 Å². The minimum absolute atomic E-state index is 0.232. The van der Waals surface area contributed by atoms with Crippen LogP contribution in [0, 0.1) is 5.92 Å². The van der Waals surface area contributed by atoms with E-state index in [2.05, 4.69) is 55.8 Å². The van der Waals surface area contributed by atoms with E-state index in [1.54, 1.807) is 0 Å². The SMILES string of the molecule is CCOC(C(C)C)C(Cc1cc(CC)nn1CC)NC. The van der Waals surface area contributed by atoms with Gasteiger partial charge in [0.2, 0.25) is 0 Å². The highest BCUT2D eigenvalue weighted by Crippen LogP contribution is 2.16. The molecule has 0 saturated heterocycles. The lowest BCUT2D eigenvalue weighted by atomic mass is 9.95. The van der Waals surface area contributed by atoms with Gasteiger partial charge >= 0.3 is 0 Å². The highest BCUT2D eigenvalue weighted by Gasteiger charge is 2.25. The van der Waals surface area contributed by atoms with Gasteiger partial charge in [0, 0.05) is 31.3 Å². The van der Waals surface area contributed by atoms with Crippen molar-refractivity contribution in [2.45, 2.75) is 66.2 Å². The van der Waals surface area contributed by atoms with Crippen molar-refractivity contribution >= 4 is 0 Å². The van der Waals surface area contributed by atoms with Crippen molar-refractivity contribution in [3.63, 3.8) is 0 Å². The Balaban J connectivity index is 2.88. The third-order valence-corrected chi connectivity index (χ3v) is 3.79. The van der Waals surface area contributed by atoms with Crippen LogP contribution in [0.1, 0.15) is 46.0 Å². The number of hydrogen-bond donors (Lipinski definition) is 1. The molecular formula is C16H31N3O. The zero-order valence-corrected chi connectivity index (χ0v) is 13.9. The lowest BCUT2D eigenvalue weighted by molar-refractivity contribution is 0.00493. The standard InChI is InChI=1S/C16H31N3O/c1-7-13-10-14(19(8-2)18-13)11-15(17-6)16(12(4)5)20-9-3/h10,12,15-17H,7-9,11H2,1-6H3. The minimum Gasteiger partial charge on any atom is -0.377 e. The molecule has 1 aromatic heterocycles. The Kier molecular flexibility index (Phi) is 7.24. The summed E-state index contributed by atoms with van der Waals surface area (Å²) in [4.78, 5) is 0. The van der Waals surface area contributed by atoms with Gasteiger partial charge in [0.15, 0.2) is 0 Å². The van der Waals surface area contributed by atoms with Gasteiger partial charge in [-0.15, -0.1) is 0 Å². The second-order valence-electron chi connectivity index (χ2n) is 5.56. The molecule has 1 N–H and O–H groups in total. The van der Waals surface area contributed by atoms with Gasteiger partial charge in [0.05, 0.1) is 11.8 Å². The quantitative estimate of drug-likeness (QED) is 0.756. The van der Waals surface area contributed by atoms with Gasteiger partial charge in [-0.2, -0.15) is 5.10 Å². The largest absolute Gasteiger partial charge is 0.377 e. The van der Waals surface area contributed by atoms with E-state index in [4.69, 9.17) is 4.74 Å². The first kappa shape index (κ1) is 17.2. The van der Waals surface area contributed by atoms with Crippen LogP contribution in [0.5, 0.6) is 0 Å². The van der Waals surface area contributed by atoms with E-state index in [0.717, 1.165) is 26.0 Å². The molecular weight excluding hydrogens is 250 g/mol. The van der Waals surface area contributed by atoms with Crippen LogP contribution in [0.3, 0.4) is 0 Å². The Morgan fingerprint density at radius 2 is 2.00 bits per heavy atom. The van der Waals surface area contributed by atoms with Gasteiger partial charge in [-0.25, -0.2) is 0 Å². The average Bonchev–Trinajstić information content (AvgIpc) is 2.84. The summed E-state index contributed by atoms with van der Waals surface area (Å²) in [6.07, 6.45) is 2.18. The molecule has 0 aliphatic rings. The fourth-order valence-electron chi connectivity index (χ4n) is 2.70. The van der Waals surface area contributed by atoms with Crippen LogP contribution in [-0.2, 0) is 24.1 Å². The van der Waals surface area contributed by atoms with Crippen molar-refractivity contribution in [3.8, 4) is 0 Å². The van der Waals surface area contributed by atoms with Crippen LogP contribution < -0.4 is 5.32 Å². The van der Waals surface area contributed by atoms with E-state index in [0.29, 0.717) is 12.0 Å². The molecule has 0 fully saturated rings. The van der Waals surface area contributed by atoms with Crippen molar-refractivity contribution in [3.05, 3.63) is 17.5 Å². The van der Waals surface area contributed by atoms with Gasteiger partial charge in [-0.1, -0.05) is 20.8 Å². The molecule has 0 radical (unpaired) electrons. The first-order chi connectivity index (χ1) is 9.57. The lowest BCUT2D eigenvalue weighted by Gasteiger charge is -2.30. The fourth-order valence-corrected chi connectivity index (χ4v) is 2.70. The number of nitrogens with one attached hydrogen (secondary N) is 1. The van der Waals surface area contributed by atoms with Crippen molar-refractivity contribution < 1.29 is 4.74 Å². The normalized spacial score (nSPS) is 14.8. The van der Waals surface area contributed by atoms with Gasteiger partial charge < -0.3 is 10.1 Å². The highest BCUT2D eigenvalue weighted by atomic mass is 16.5. The molecule has 0 saturated carbocycles. The fraction of sp³-hybridized carbons (Fsp3) is 0.812. The summed E-state index contributed by atoms with van der Waals surface area (Å²) in [6.45, 7) is 12.5. The Labute approximate surface area is 123 Å². The van der Waals surface area contributed by atoms with E-state index < -0.39 is 0 Å². The second-order valence-corrected chi connectivity index (χ2v) is 5.56.